The Hall–Kier alpha value is -1.89. The van der Waals surface area contributed by atoms with Gasteiger partial charge in [0.15, 0.2) is 4.47 Å². The van der Waals surface area contributed by atoms with E-state index in [9.17, 15) is 9.00 Å². The number of urea groups is 1. The van der Waals surface area contributed by atoms with E-state index in [1.54, 1.807) is 12.1 Å². The lowest BCUT2D eigenvalue weighted by molar-refractivity contribution is 0.257. The number of benzene rings is 1. The van der Waals surface area contributed by atoms with Crippen LogP contribution >= 0.6 is 27.3 Å². The molecule has 2 aliphatic rings. The van der Waals surface area contributed by atoms with Crippen molar-refractivity contribution in [2.24, 2.45) is 4.47 Å². The van der Waals surface area contributed by atoms with Crippen LogP contribution in [0.2, 0.25) is 0 Å². The molecule has 0 fully saturated rings. The highest BCUT2D eigenvalue weighted by Gasteiger charge is 2.27. The molecule has 0 radical (unpaired) electrons. The lowest BCUT2D eigenvalue weighted by Crippen LogP contribution is -2.34. The molecule has 1 aromatic carbocycles. The van der Waals surface area contributed by atoms with Gasteiger partial charge in [-0.2, -0.15) is 6.57 Å². The van der Waals surface area contributed by atoms with Crippen LogP contribution in [-0.2, 0) is 35.6 Å². The number of carbonyl (C=O) groups excluding carboxylic acids is 1. The van der Waals surface area contributed by atoms with Crippen molar-refractivity contribution < 1.29 is 9.00 Å². The first-order chi connectivity index (χ1) is 13.0. The summed E-state index contributed by atoms with van der Waals surface area (Å²) in [5.74, 6) is 0. The Bertz CT molecular complexity index is 1060. The third-order valence-corrected chi connectivity index (χ3v) is 8.72. The first-order valence-electron chi connectivity index (χ1n) is 8.63. The van der Waals surface area contributed by atoms with E-state index in [4.69, 9.17) is 6.57 Å². The predicted octanol–water partition coefficient (Wildman–Crippen LogP) is 4.89. The number of fused-ring (bicyclic) bond motifs is 2. The number of carbonyl (C=O) groups is 1. The molecular weight excluding hydrogens is 448 g/mol. The number of nitrogens with one attached hydrogen (secondary N) is 2. The molecule has 0 aliphatic heterocycles. The van der Waals surface area contributed by atoms with Crippen LogP contribution in [0.25, 0.3) is 4.95 Å². The molecule has 1 aromatic heterocycles. The number of anilines is 1. The van der Waals surface area contributed by atoms with Gasteiger partial charge in [-0.15, -0.1) is 16.3 Å². The molecule has 2 N–H and O–H groups in total. The second kappa shape index (κ2) is 7.26. The molecule has 9 heteroatoms. The van der Waals surface area contributed by atoms with Crippen LogP contribution in [0.15, 0.2) is 30.7 Å². The molecule has 2 aliphatic carbocycles. The van der Waals surface area contributed by atoms with Crippen LogP contribution in [0.5, 0.6) is 0 Å². The molecule has 0 bridgehead atoms. The highest BCUT2D eigenvalue weighted by molar-refractivity contribution is 9.11. The Balaban J connectivity index is 1.65. The minimum absolute atomic E-state index is 0.337. The molecule has 0 saturated carbocycles. The monoisotopic (exact) mass is 464 g/mol. The zero-order chi connectivity index (χ0) is 19.0. The van der Waals surface area contributed by atoms with E-state index >= 15 is 0 Å². The lowest BCUT2D eigenvalue weighted by atomic mass is 9.99. The molecule has 6 nitrogen and oxygen atoms in total. The quantitative estimate of drug-likeness (QED) is 0.501. The van der Waals surface area contributed by atoms with E-state index in [0.29, 0.717) is 4.21 Å². The van der Waals surface area contributed by atoms with Crippen molar-refractivity contribution in [3.05, 3.63) is 55.8 Å². The first kappa shape index (κ1) is 18.5. The van der Waals surface area contributed by atoms with Gasteiger partial charge in [0, 0.05) is 5.69 Å². The van der Waals surface area contributed by atoms with Crippen molar-refractivity contribution in [1.29, 1.82) is 0 Å². The SMILES string of the molecule is [C-]#[N+]N=S(=O)(NC(=O)Nc1c2c(cc3c1CCC3)CCC2)c1ccc(Br)s1. The Kier molecular flexibility index (Phi) is 4.97. The van der Waals surface area contributed by atoms with E-state index in [2.05, 4.69) is 41.5 Å². The average Bonchev–Trinajstić information content (AvgIpc) is 3.34. The van der Waals surface area contributed by atoms with Gasteiger partial charge in [0.2, 0.25) is 9.92 Å². The first-order valence-corrected chi connectivity index (χ1v) is 11.8. The summed E-state index contributed by atoms with van der Waals surface area (Å²) >= 11 is 4.49. The van der Waals surface area contributed by atoms with Gasteiger partial charge in [-0.1, -0.05) is 6.07 Å². The molecule has 0 spiro atoms. The third-order valence-electron chi connectivity index (χ3n) is 4.92. The van der Waals surface area contributed by atoms with Crippen LogP contribution in [0, 0.1) is 6.57 Å². The van der Waals surface area contributed by atoms with Crippen molar-refractivity contribution in [3.8, 4) is 0 Å². The maximum atomic E-state index is 13.1. The Morgan fingerprint density at radius 2 is 1.85 bits per heavy atom. The smallest absolute Gasteiger partial charge is 0.307 e. The normalized spacial score (nSPS) is 16.7. The number of hydrogen-bond donors (Lipinski definition) is 2. The Morgan fingerprint density at radius 3 is 2.41 bits per heavy atom. The van der Waals surface area contributed by atoms with E-state index in [1.165, 1.54) is 33.6 Å². The van der Waals surface area contributed by atoms with Crippen molar-refractivity contribution in [3.63, 3.8) is 0 Å². The molecule has 140 valence electrons. The fourth-order valence-electron chi connectivity index (χ4n) is 3.85. The van der Waals surface area contributed by atoms with Crippen LogP contribution in [0.3, 0.4) is 0 Å². The highest BCUT2D eigenvalue weighted by atomic mass is 79.9. The minimum atomic E-state index is -3.35. The van der Waals surface area contributed by atoms with Crippen molar-refractivity contribution in [1.82, 2.24) is 4.72 Å². The number of thiophene rings is 1. The van der Waals surface area contributed by atoms with Gasteiger partial charge in [0.1, 0.15) is 4.21 Å². The van der Waals surface area contributed by atoms with E-state index in [0.717, 1.165) is 48.0 Å². The zero-order valence-corrected chi connectivity index (χ0v) is 17.6. The van der Waals surface area contributed by atoms with Crippen molar-refractivity contribution in [2.75, 3.05) is 5.32 Å². The third kappa shape index (κ3) is 3.49. The predicted molar refractivity (Wildman–Crippen MR) is 110 cm³/mol. The minimum Gasteiger partial charge on any atom is -0.307 e. The number of rotatable bonds is 3. The number of nitrogens with zero attached hydrogens (tertiary/aromatic N) is 2. The second-order valence-corrected chi connectivity index (χ2v) is 11.1. The molecule has 1 unspecified atom stereocenters. The van der Waals surface area contributed by atoms with Crippen LogP contribution in [0.4, 0.5) is 10.5 Å². The summed E-state index contributed by atoms with van der Waals surface area (Å²) in [5.41, 5.74) is 5.86. The molecular formula is C18H17BrN4O2S2. The summed E-state index contributed by atoms with van der Waals surface area (Å²) in [6, 6.07) is 5.01. The number of hydrogen-bond acceptors (Lipinski definition) is 4. The van der Waals surface area contributed by atoms with Crippen LogP contribution < -0.4 is 10.0 Å². The van der Waals surface area contributed by atoms with Crippen molar-refractivity contribution in [2.45, 2.75) is 42.7 Å². The van der Waals surface area contributed by atoms with Gasteiger partial charge in [-0.25, -0.2) is 13.7 Å². The van der Waals surface area contributed by atoms with Crippen LogP contribution in [-0.4, -0.2) is 10.2 Å². The van der Waals surface area contributed by atoms with E-state index < -0.39 is 15.9 Å². The summed E-state index contributed by atoms with van der Waals surface area (Å²) < 4.78 is 20.1. The molecule has 2 aromatic rings. The maximum Gasteiger partial charge on any atom is 0.332 e. The molecule has 1 atom stereocenters. The van der Waals surface area contributed by atoms with Gasteiger partial charge in [-0.3, -0.25) is 0 Å². The Morgan fingerprint density at radius 1 is 1.19 bits per heavy atom. The van der Waals surface area contributed by atoms with Gasteiger partial charge in [-0.05, 0) is 88.8 Å². The molecule has 0 saturated heterocycles. The standard InChI is InChI=1S/C18H17BrN4O2S2/c1-20-23-27(25,16-9-8-15(19)26-16)22-18(24)21-17-13-6-2-4-11(13)10-12-5-3-7-14(12)17/h8-10H,2-7H2,(H2,21,22,23,24,25). The summed E-state index contributed by atoms with van der Waals surface area (Å²) in [5, 5.41) is 2.93. The summed E-state index contributed by atoms with van der Waals surface area (Å²) in [4.78, 5) is 15.6. The fraction of sp³-hybridized carbons (Fsp3) is 0.333. The summed E-state index contributed by atoms with van der Waals surface area (Å²) in [7, 11) is -3.35. The average molecular weight is 465 g/mol. The molecule has 27 heavy (non-hydrogen) atoms. The van der Waals surface area contributed by atoms with Gasteiger partial charge >= 0.3 is 6.03 Å². The summed E-state index contributed by atoms with van der Waals surface area (Å²) in [6.07, 6.45) is 6.12. The topological polar surface area (TPSA) is 74.9 Å². The lowest BCUT2D eigenvalue weighted by Gasteiger charge is -2.16. The molecule has 4 rings (SSSR count). The highest BCUT2D eigenvalue weighted by Crippen LogP contribution is 2.38. The number of aryl methyl sites for hydroxylation is 2. The van der Waals surface area contributed by atoms with Gasteiger partial charge < -0.3 is 5.32 Å². The number of amides is 2. The van der Waals surface area contributed by atoms with Gasteiger partial charge in [0.25, 0.3) is 0 Å². The maximum absolute atomic E-state index is 13.1. The van der Waals surface area contributed by atoms with Crippen LogP contribution in [0.1, 0.15) is 35.1 Å². The van der Waals surface area contributed by atoms with E-state index in [-0.39, 0.29) is 0 Å². The molecule has 1 heterocycles. The van der Waals surface area contributed by atoms with Gasteiger partial charge in [0.05, 0.1) is 3.79 Å². The fourth-order valence-corrected chi connectivity index (χ4v) is 7.13. The van der Waals surface area contributed by atoms with E-state index in [1.807, 2.05) is 0 Å². The second-order valence-electron chi connectivity index (χ2n) is 6.56. The summed E-state index contributed by atoms with van der Waals surface area (Å²) in [6.45, 7) is 6.98. The Labute approximate surface area is 170 Å². The molecule has 2 amide bonds. The largest absolute Gasteiger partial charge is 0.332 e. The zero-order valence-electron chi connectivity index (χ0n) is 14.4. The number of halogens is 1. The van der Waals surface area contributed by atoms with Crippen molar-refractivity contribution >= 4 is 48.9 Å².